The highest BCUT2D eigenvalue weighted by Crippen LogP contribution is 2.39. The molecule has 0 aliphatic carbocycles. The number of sulfonamides is 1. The molecule has 4 rings (SSSR count). The van der Waals surface area contributed by atoms with Gasteiger partial charge in [0, 0.05) is 37.4 Å². The third-order valence-electron chi connectivity index (χ3n) is 7.49. The van der Waals surface area contributed by atoms with Gasteiger partial charge in [0.15, 0.2) is 5.03 Å². The van der Waals surface area contributed by atoms with Gasteiger partial charge in [-0.05, 0) is 75.9 Å². The summed E-state index contributed by atoms with van der Waals surface area (Å²) in [5, 5.41) is -0.328. The van der Waals surface area contributed by atoms with E-state index in [1.807, 2.05) is 20.0 Å². The Morgan fingerprint density at radius 2 is 1.97 bits per heavy atom. The van der Waals surface area contributed by atoms with E-state index >= 15 is 0 Å². The number of nitrogens with zero attached hydrogens (tertiary/aromatic N) is 5. The summed E-state index contributed by atoms with van der Waals surface area (Å²) >= 11 is 0. The van der Waals surface area contributed by atoms with Crippen molar-refractivity contribution in [3.8, 4) is 11.3 Å². The van der Waals surface area contributed by atoms with Crippen LogP contribution in [0.1, 0.15) is 50.0 Å². The van der Waals surface area contributed by atoms with Crippen molar-refractivity contribution in [3.63, 3.8) is 0 Å². The molecule has 3 aromatic rings. The van der Waals surface area contributed by atoms with Gasteiger partial charge in [0.2, 0.25) is 0 Å². The van der Waals surface area contributed by atoms with Crippen LogP contribution in [0.2, 0.25) is 0 Å². The summed E-state index contributed by atoms with van der Waals surface area (Å²) in [6.07, 6.45) is 2.69. The first-order chi connectivity index (χ1) is 17.8. The first kappa shape index (κ1) is 27.3. The van der Waals surface area contributed by atoms with E-state index < -0.39 is 15.9 Å². The molecule has 1 unspecified atom stereocenters. The zero-order valence-electron chi connectivity index (χ0n) is 22.7. The third kappa shape index (κ3) is 5.15. The van der Waals surface area contributed by atoms with E-state index in [1.54, 1.807) is 18.3 Å². The molecule has 1 aliphatic heterocycles. The molecule has 1 amide bonds. The normalized spacial score (nSPS) is 16.9. The predicted molar refractivity (Wildman–Crippen MR) is 150 cm³/mol. The molecule has 1 aliphatic rings. The Balaban J connectivity index is 1.77. The second-order valence-corrected chi connectivity index (χ2v) is 11.9. The van der Waals surface area contributed by atoms with Crippen LogP contribution in [0.5, 0.6) is 0 Å². The van der Waals surface area contributed by atoms with Crippen LogP contribution in [0.4, 0.5) is 17.5 Å². The van der Waals surface area contributed by atoms with E-state index in [-0.39, 0.29) is 21.9 Å². The molecule has 0 spiro atoms. The van der Waals surface area contributed by atoms with E-state index in [2.05, 4.69) is 52.2 Å². The van der Waals surface area contributed by atoms with Crippen molar-refractivity contribution in [2.24, 2.45) is 5.92 Å². The number of carbonyl (C=O) groups is 1. The Labute approximate surface area is 224 Å². The number of aromatic nitrogens is 3. The quantitative estimate of drug-likeness (QED) is 0.463. The predicted octanol–water partition coefficient (Wildman–Crippen LogP) is 3.63. The molecule has 1 saturated heterocycles. The largest absolute Gasteiger partial charge is 0.384 e. The standard InChI is InChI=1S/C27H35N7O3S/c1-7-33(6)24-17(2)15-19(16-29-24)21-12-11-20(25(30-21)34-14-13-18(3)27(34,4)5)26(35)32-38(36,37)23-10-8-9-22(28)31-23/h8-12,15-16,18H,7,13-14H2,1-6H3,(H2,28,31)(H,32,35). The van der Waals surface area contributed by atoms with Crippen LogP contribution in [0.25, 0.3) is 11.3 Å². The number of pyridine rings is 3. The minimum absolute atomic E-state index is 0.0416. The number of nitrogen functional groups attached to an aromatic ring is 1. The topological polar surface area (TPSA) is 134 Å². The summed E-state index contributed by atoms with van der Waals surface area (Å²) in [6.45, 7) is 12.0. The lowest BCUT2D eigenvalue weighted by atomic mass is 9.90. The van der Waals surface area contributed by atoms with Crippen molar-refractivity contribution in [2.45, 2.75) is 51.6 Å². The van der Waals surface area contributed by atoms with Gasteiger partial charge in [-0.1, -0.05) is 13.0 Å². The van der Waals surface area contributed by atoms with Crippen LogP contribution in [0.15, 0.2) is 47.6 Å². The number of rotatable bonds is 7. The number of aryl methyl sites for hydroxylation is 1. The zero-order valence-corrected chi connectivity index (χ0v) is 23.5. The van der Waals surface area contributed by atoms with Crippen molar-refractivity contribution < 1.29 is 13.2 Å². The highest BCUT2D eigenvalue weighted by Gasteiger charge is 2.41. The van der Waals surface area contributed by atoms with Crippen molar-refractivity contribution in [1.29, 1.82) is 0 Å². The molecule has 202 valence electrons. The number of hydrogen-bond donors (Lipinski definition) is 2. The van der Waals surface area contributed by atoms with Crippen LogP contribution >= 0.6 is 0 Å². The molecular weight excluding hydrogens is 502 g/mol. The first-order valence-electron chi connectivity index (χ1n) is 12.6. The highest BCUT2D eigenvalue weighted by molar-refractivity contribution is 7.90. The maximum atomic E-state index is 13.4. The minimum Gasteiger partial charge on any atom is -0.384 e. The zero-order chi connectivity index (χ0) is 27.8. The van der Waals surface area contributed by atoms with Crippen molar-refractivity contribution in [3.05, 3.63) is 53.7 Å². The van der Waals surface area contributed by atoms with Gasteiger partial charge < -0.3 is 15.5 Å². The molecule has 0 aromatic carbocycles. The fraction of sp³-hybridized carbons (Fsp3) is 0.407. The average molecular weight is 538 g/mol. The summed E-state index contributed by atoms with van der Waals surface area (Å²) in [6, 6.07) is 9.59. The molecule has 0 bridgehead atoms. The summed E-state index contributed by atoms with van der Waals surface area (Å²) < 4.78 is 28.0. The third-order valence-corrected chi connectivity index (χ3v) is 8.72. The summed E-state index contributed by atoms with van der Waals surface area (Å²) in [7, 11) is -2.26. The molecule has 1 atom stereocenters. The highest BCUT2D eigenvalue weighted by atomic mass is 32.2. The maximum absolute atomic E-state index is 13.4. The van der Waals surface area contributed by atoms with Crippen molar-refractivity contribution >= 4 is 33.4 Å². The van der Waals surface area contributed by atoms with Crippen LogP contribution in [0.3, 0.4) is 0 Å². The van der Waals surface area contributed by atoms with Gasteiger partial charge in [-0.15, -0.1) is 0 Å². The van der Waals surface area contributed by atoms with Gasteiger partial charge in [0.05, 0.1) is 11.3 Å². The number of nitrogens with two attached hydrogens (primary N) is 1. The summed E-state index contributed by atoms with van der Waals surface area (Å²) in [5.74, 6) is 0.921. The maximum Gasteiger partial charge on any atom is 0.281 e. The van der Waals surface area contributed by atoms with E-state index in [4.69, 9.17) is 10.7 Å². The van der Waals surface area contributed by atoms with Crippen LogP contribution < -0.4 is 20.3 Å². The van der Waals surface area contributed by atoms with Gasteiger partial charge in [0.25, 0.3) is 15.9 Å². The molecular formula is C27H35N7O3S. The summed E-state index contributed by atoms with van der Waals surface area (Å²) in [4.78, 5) is 31.0. The van der Waals surface area contributed by atoms with Crippen LogP contribution in [-0.4, -0.2) is 55.0 Å². The molecule has 3 aromatic heterocycles. The number of carbonyl (C=O) groups excluding carboxylic acids is 1. The van der Waals surface area contributed by atoms with Gasteiger partial charge in [-0.3, -0.25) is 4.79 Å². The second-order valence-electron chi connectivity index (χ2n) is 10.3. The van der Waals surface area contributed by atoms with E-state index in [0.29, 0.717) is 24.0 Å². The molecule has 3 N–H and O–H groups in total. The lowest BCUT2D eigenvalue weighted by molar-refractivity contribution is 0.0981. The number of amides is 1. The van der Waals surface area contributed by atoms with Gasteiger partial charge in [-0.2, -0.15) is 8.42 Å². The smallest absolute Gasteiger partial charge is 0.281 e. The fourth-order valence-corrected chi connectivity index (χ4v) is 5.61. The Morgan fingerprint density at radius 1 is 1.24 bits per heavy atom. The Kier molecular flexibility index (Phi) is 7.33. The fourth-order valence-electron chi connectivity index (χ4n) is 4.67. The number of anilines is 3. The lowest BCUT2D eigenvalue weighted by Gasteiger charge is -2.36. The van der Waals surface area contributed by atoms with Crippen molar-refractivity contribution in [1.82, 2.24) is 19.7 Å². The molecule has 0 saturated carbocycles. The summed E-state index contributed by atoms with van der Waals surface area (Å²) in [5.41, 5.74) is 7.98. The monoisotopic (exact) mass is 537 g/mol. The first-order valence-corrected chi connectivity index (χ1v) is 14.1. The van der Waals surface area contributed by atoms with E-state index in [1.165, 1.54) is 18.2 Å². The molecule has 1 fully saturated rings. The molecule has 0 radical (unpaired) electrons. The molecule has 10 nitrogen and oxygen atoms in total. The Hall–Kier alpha value is -3.73. The second kappa shape index (κ2) is 10.2. The average Bonchev–Trinajstić information content (AvgIpc) is 3.14. The molecule has 11 heteroatoms. The molecule has 4 heterocycles. The van der Waals surface area contributed by atoms with Crippen molar-refractivity contribution in [2.75, 3.05) is 35.7 Å². The lowest BCUT2D eigenvalue weighted by Crippen LogP contribution is -2.43. The van der Waals surface area contributed by atoms with E-state index in [0.717, 1.165) is 29.9 Å². The van der Waals surface area contributed by atoms with Gasteiger partial charge in [0.1, 0.15) is 17.5 Å². The molecule has 38 heavy (non-hydrogen) atoms. The van der Waals surface area contributed by atoms with Crippen LogP contribution in [-0.2, 0) is 10.0 Å². The van der Waals surface area contributed by atoms with Gasteiger partial charge >= 0.3 is 0 Å². The van der Waals surface area contributed by atoms with E-state index in [9.17, 15) is 13.2 Å². The SMILES string of the molecule is CCN(C)c1ncc(-c2ccc(C(=O)NS(=O)(=O)c3cccc(N)n3)c(N3CCC(C)C3(C)C)n2)cc1C. The Morgan fingerprint density at radius 3 is 2.58 bits per heavy atom. The number of nitrogens with one attached hydrogen (secondary N) is 1. The van der Waals surface area contributed by atoms with Crippen LogP contribution in [0, 0.1) is 12.8 Å². The minimum atomic E-state index is -4.24. The van der Waals surface area contributed by atoms with Gasteiger partial charge in [-0.25, -0.2) is 19.7 Å². The number of hydrogen-bond acceptors (Lipinski definition) is 9. The Bertz CT molecular complexity index is 1470.